The van der Waals surface area contributed by atoms with E-state index in [-0.39, 0.29) is 34.1 Å². The SMILES string of the molecule is COc1ccc(CN2C(OC(=O)O)=C(c3ccc4c(c3)OCO4)c3ccccc3S2(=O)=O)c(OCC(=O)O)c1. The smallest absolute Gasteiger partial charge is 0.497 e. The Kier molecular flexibility index (Phi) is 6.66. The van der Waals surface area contributed by atoms with Crippen LogP contribution in [0, 0.1) is 0 Å². The topological polar surface area (TPSA) is 158 Å². The molecule has 0 bridgehead atoms. The van der Waals surface area contributed by atoms with E-state index in [0.717, 1.165) is 4.31 Å². The number of hydrogen-bond donors (Lipinski definition) is 2. The average molecular weight is 556 g/mol. The van der Waals surface area contributed by atoms with Crippen molar-refractivity contribution >= 4 is 27.7 Å². The minimum atomic E-state index is -4.36. The molecular formula is C26H21NO11S. The van der Waals surface area contributed by atoms with Crippen molar-refractivity contribution in [3.8, 4) is 23.0 Å². The van der Waals surface area contributed by atoms with Gasteiger partial charge in [0.2, 0.25) is 12.7 Å². The van der Waals surface area contributed by atoms with E-state index in [1.54, 1.807) is 36.4 Å². The van der Waals surface area contributed by atoms with Gasteiger partial charge < -0.3 is 33.9 Å². The molecule has 0 spiro atoms. The zero-order valence-corrected chi connectivity index (χ0v) is 21.1. The Hall–Kier alpha value is -4.91. The van der Waals surface area contributed by atoms with Crippen LogP contribution in [0.1, 0.15) is 16.7 Å². The fourth-order valence-electron chi connectivity index (χ4n) is 4.26. The molecule has 0 fully saturated rings. The lowest BCUT2D eigenvalue weighted by atomic mass is 9.97. The fourth-order valence-corrected chi connectivity index (χ4v) is 5.85. The van der Waals surface area contributed by atoms with Crippen LogP contribution in [0.4, 0.5) is 4.79 Å². The maximum Gasteiger partial charge on any atom is 0.512 e. The van der Waals surface area contributed by atoms with Crippen molar-refractivity contribution in [2.24, 2.45) is 0 Å². The average Bonchev–Trinajstić information content (AvgIpc) is 3.38. The molecule has 39 heavy (non-hydrogen) atoms. The molecule has 2 heterocycles. The normalized spacial score (nSPS) is 14.9. The standard InChI is InChI=1S/C26H21NO11S/c1-34-17-8-6-16(20(11-17)35-13-23(28)29)12-27-25(38-26(30)31)24(15-7-9-19-21(10-15)37-14-36-19)18-4-2-3-5-22(18)39(27,32)33/h2-11H,12-14H2,1H3,(H,28,29)(H,30,31). The maximum atomic E-state index is 13.9. The summed E-state index contributed by atoms with van der Waals surface area (Å²) in [4.78, 5) is 22.9. The van der Waals surface area contributed by atoms with Gasteiger partial charge in [-0.1, -0.05) is 24.3 Å². The Morgan fingerprint density at radius 3 is 2.51 bits per heavy atom. The molecule has 0 saturated heterocycles. The Balaban J connectivity index is 1.71. The lowest BCUT2D eigenvalue weighted by molar-refractivity contribution is -0.139. The van der Waals surface area contributed by atoms with Crippen LogP contribution in [0.3, 0.4) is 0 Å². The molecule has 202 valence electrons. The first-order chi connectivity index (χ1) is 18.7. The van der Waals surface area contributed by atoms with E-state index >= 15 is 0 Å². The summed E-state index contributed by atoms with van der Waals surface area (Å²) in [7, 11) is -2.96. The maximum absolute atomic E-state index is 13.9. The lowest BCUT2D eigenvalue weighted by Crippen LogP contribution is -2.36. The number of nitrogens with zero attached hydrogens (tertiary/aromatic N) is 1. The third-order valence-corrected chi connectivity index (χ3v) is 7.74. The highest BCUT2D eigenvalue weighted by atomic mass is 32.2. The zero-order chi connectivity index (χ0) is 27.7. The number of methoxy groups -OCH3 is 1. The number of carboxylic acids is 1. The molecular weight excluding hydrogens is 534 g/mol. The third kappa shape index (κ3) is 4.86. The number of aliphatic carboxylic acids is 1. The van der Waals surface area contributed by atoms with Gasteiger partial charge in [0.1, 0.15) is 11.5 Å². The van der Waals surface area contributed by atoms with Crippen LogP contribution in [0.2, 0.25) is 0 Å². The molecule has 0 saturated carbocycles. The van der Waals surface area contributed by atoms with Crippen molar-refractivity contribution in [2.45, 2.75) is 11.4 Å². The molecule has 2 aliphatic rings. The summed E-state index contributed by atoms with van der Waals surface area (Å²) in [5, 5.41) is 18.7. The highest BCUT2D eigenvalue weighted by molar-refractivity contribution is 7.89. The van der Waals surface area contributed by atoms with E-state index in [4.69, 9.17) is 28.8 Å². The van der Waals surface area contributed by atoms with Crippen LogP contribution in [0.15, 0.2) is 71.4 Å². The molecule has 0 aromatic heterocycles. The number of benzene rings is 3. The summed E-state index contributed by atoms with van der Waals surface area (Å²) < 4.78 is 55.1. The monoisotopic (exact) mass is 555 g/mol. The Morgan fingerprint density at radius 1 is 1.00 bits per heavy atom. The van der Waals surface area contributed by atoms with Crippen LogP contribution in [0.5, 0.6) is 23.0 Å². The van der Waals surface area contributed by atoms with Gasteiger partial charge in [0, 0.05) is 17.2 Å². The van der Waals surface area contributed by atoms with Crippen molar-refractivity contribution in [1.82, 2.24) is 4.31 Å². The second-order valence-corrected chi connectivity index (χ2v) is 10.1. The van der Waals surface area contributed by atoms with Crippen LogP contribution in [0.25, 0.3) is 5.57 Å². The Bertz CT molecular complexity index is 1610. The van der Waals surface area contributed by atoms with Crippen molar-refractivity contribution in [3.63, 3.8) is 0 Å². The summed E-state index contributed by atoms with van der Waals surface area (Å²) in [5.41, 5.74) is 1.06. The molecule has 5 rings (SSSR count). The molecule has 13 heteroatoms. The fraction of sp³-hybridized carbons (Fsp3) is 0.154. The minimum absolute atomic E-state index is 0.00397. The number of rotatable bonds is 8. The predicted octanol–water partition coefficient (Wildman–Crippen LogP) is 3.50. The summed E-state index contributed by atoms with van der Waals surface area (Å²) in [5.74, 6) is -0.475. The Labute approximate surface area is 222 Å². The number of sulfonamides is 1. The molecule has 3 aromatic carbocycles. The van der Waals surface area contributed by atoms with Gasteiger partial charge in [-0.2, -0.15) is 0 Å². The molecule has 0 aliphatic carbocycles. The van der Waals surface area contributed by atoms with Gasteiger partial charge in [-0.3, -0.25) is 0 Å². The minimum Gasteiger partial charge on any atom is -0.497 e. The molecule has 2 N–H and O–H groups in total. The first-order valence-corrected chi connectivity index (χ1v) is 12.8. The molecule has 0 unspecified atom stereocenters. The van der Waals surface area contributed by atoms with Gasteiger partial charge in [0.15, 0.2) is 18.1 Å². The number of carboxylic acid groups (broad SMARTS) is 2. The van der Waals surface area contributed by atoms with Gasteiger partial charge in [-0.05, 0) is 35.9 Å². The summed E-state index contributed by atoms with van der Waals surface area (Å²) in [6.45, 7) is -1.15. The second-order valence-electron chi connectivity index (χ2n) is 8.28. The van der Waals surface area contributed by atoms with Crippen LogP contribution in [-0.2, 0) is 26.1 Å². The highest BCUT2D eigenvalue weighted by Crippen LogP contribution is 2.44. The largest absolute Gasteiger partial charge is 0.512 e. The van der Waals surface area contributed by atoms with Crippen LogP contribution in [-0.4, -0.2) is 55.6 Å². The van der Waals surface area contributed by atoms with E-state index in [1.807, 2.05) is 0 Å². The van der Waals surface area contributed by atoms with Gasteiger partial charge in [0.25, 0.3) is 10.0 Å². The number of carbonyl (C=O) groups is 2. The number of hydrogen-bond acceptors (Lipinski definition) is 9. The Morgan fingerprint density at radius 2 is 1.77 bits per heavy atom. The predicted molar refractivity (Wildman–Crippen MR) is 133 cm³/mol. The first kappa shape index (κ1) is 25.7. The van der Waals surface area contributed by atoms with Gasteiger partial charge in [-0.25, -0.2) is 22.3 Å². The number of fused-ring (bicyclic) bond motifs is 2. The molecule has 2 aliphatic heterocycles. The molecule has 12 nitrogen and oxygen atoms in total. The van der Waals surface area contributed by atoms with E-state index in [9.17, 15) is 23.1 Å². The molecule has 0 amide bonds. The van der Waals surface area contributed by atoms with Gasteiger partial charge in [0.05, 0.1) is 24.1 Å². The van der Waals surface area contributed by atoms with Crippen molar-refractivity contribution < 1.29 is 51.9 Å². The third-order valence-electron chi connectivity index (χ3n) is 5.95. The van der Waals surface area contributed by atoms with Crippen LogP contribution >= 0.6 is 0 Å². The van der Waals surface area contributed by atoms with Gasteiger partial charge in [-0.15, -0.1) is 0 Å². The summed E-state index contributed by atoms with van der Waals surface area (Å²) >= 11 is 0. The van der Waals surface area contributed by atoms with Crippen molar-refractivity contribution in [3.05, 3.63) is 83.2 Å². The quantitative estimate of drug-likeness (QED) is 0.392. The molecule has 0 radical (unpaired) electrons. The highest BCUT2D eigenvalue weighted by Gasteiger charge is 2.40. The molecule has 3 aromatic rings. The van der Waals surface area contributed by atoms with Crippen molar-refractivity contribution in [2.75, 3.05) is 20.5 Å². The van der Waals surface area contributed by atoms with E-state index < -0.39 is 41.2 Å². The van der Waals surface area contributed by atoms with Gasteiger partial charge >= 0.3 is 12.1 Å². The van der Waals surface area contributed by atoms with E-state index in [2.05, 4.69) is 0 Å². The van der Waals surface area contributed by atoms with E-state index in [0.29, 0.717) is 22.8 Å². The lowest BCUT2D eigenvalue weighted by Gasteiger charge is -2.33. The summed E-state index contributed by atoms with van der Waals surface area (Å²) in [6, 6.07) is 15.4. The first-order valence-electron chi connectivity index (χ1n) is 11.4. The zero-order valence-electron chi connectivity index (χ0n) is 20.3. The summed E-state index contributed by atoms with van der Waals surface area (Å²) in [6.07, 6.45) is -1.74. The second kappa shape index (κ2) is 10.1. The number of ether oxygens (including phenoxy) is 5. The van der Waals surface area contributed by atoms with Crippen LogP contribution < -0.4 is 18.9 Å². The van der Waals surface area contributed by atoms with Crippen molar-refractivity contribution in [1.29, 1.82) is 0 Å². The van der Waals surface area contributed by atoms with E-state index in [1.165, 1.54) is 31.4 Å². The molecule has 0 atom stereocenters.